The zero-order chi connectivity index (χ0) is 14.7. The van der Waals surface area contributed by atoms with Gasteiger partial charge in [-0.2, -0.15) is 0 Å². The first kappa shape index (κ1) is 14.3. The van der Waals surface area contributed by atoms with Crippen LogP contribution in [0.15, 0.2) is 40.5 Å². The Morgan fingerprint density at radius 2 is 1.90 bits per heavy atom. The average Bonchev–Trinajstić information content (AvgIpc) is 2.39. The Bertz CT molecular complexity index is 629. The van der Waals surface area contributed by atoms with E-state index in [1.54, 1.807) is 12.1 Å². The van der Waals surface area contributed by atoms with Gasteiger partial charge in [-0.15, -0.1) is 0 Å². The van der Waals surface area contributed by atoms with E-state index in [2.05, 4.69) is 9.97 Å². The molecule has 6 nitrogen and oxygen atoms in total. The van der Waals surface area contributed by atoms with E-state index in [1.807, 2.05) is 13.8 Å². The Labute approximate surface area is 120 Å². The Balaban J connectivity index is 2.30. The van der Waals surface area contributed by atoms with E-state index in [9.17, 15) is 10.1 Å². The number of benzene rings is 1. The molecule has 0 bridgehead atoms. The van der Waals surface area contributed by atoms with Crippen LogP contribution in [0.3, 0.4) is 0 Å². The second-order valence-electron chi connectivity index (χ2n) is 4.49. The molecule has 2 rings (SSSR count). The second kappa shape index (κ2) is 5.87. The van der Waals surface area contributed by atoms with Crippen LogP contribution in [0.1, 0.15) is 25.3 Å². The molecule has 0 aliphatic rings. The van der Waals surface area contributed by atoms with Crippen LogP contribution >= 0.6 is 11.8 Å². The lowest BCUT2D eigenvalue weighted by Gasteiger charge is -2.12. The van der Waals surface area contributed by atoms with Crippen molar-refractivity contribution in [1.29, 1.82) is 0 Å². The summed E-state index contributed by atoms with van der Waals surface area (Å²) in [5, 5.41) is 11.4. The van der Waals surface area contributed by atoms with Gasteiger partial charge in [0.05, 0.1) is 4.92 Å². The number of aromatic nitrogens is 2. The SMILES string of the molecule is CC(C)c1c(N)ncnc1Sc1ccc([N+](=O)[O-])cc1. The Morgan fingerprint density at radius 3 is 2.45 bits per heavy atom. The highest BCUT2D eigenvalue weighted by Crippen LogP contribution is 2.34. The molecule has 20 heavy (non-hydrogen) atoms. The first-order valence-corrected chi connectivity index (χ1v) is 6.83. The number of hydrogen-bond donors (Lipinski definition) is 1. The van der Waals surface area contributed by atoms with Crippen LogP contribution in [0.2, 0.25) is 0 Å². The normalized spacial score (nSPS) is 10.8. The van der Waals surface area contributed by atoms with E-state index >= 15 is 0 Å². The number of nitrogens with zero attached hydrogens (tertiary/aromatic N) is 3. The molecule has 7 heteroatoms. The second-order valence-corrected chi connectivity index (χ2v) is 5.55. The van der Waals surface area contributed by atoms with Gasteiger partial charge in [0.1, 0.15) is 17.2 Å². The molecule has 0 aliphatic carbocycles. The fourth-order valence-electron chi connectivity index (χ4n) is 1.76. The molecule has 0 unspecified atom stereocenters. The van der Waals surface area contributed by atoms with E-state index < -0.39 is 4.92 Å². The maximum atomic E-state index is 10.6. The lowest BCUT2D eigenvalue weighted by atomic mass is 10.1. The number of anilines is 1. The number of rotatable bonds is 4. The van der Waals surface area contributed by atoms with Crippen molar-refractivity contribution in [3.05, 3.63) is 46.3 Å². The maximum Gasteiger partial charge on any atom is 0.269 e. The quantitative estimate of drug-likeness (QED) is 0.527. The number of nitrogens with two attached hydrogens (primary N) is 1. The van der Waals surface area contributed by atoms with Crippen molar-refractivity contribution in [2.75, 3.05) is 5.73 Å². The van der Waals surface area contributed by atoms with Gasteiger partial charge in [-0.1, -0.05) is 25.6 Å². The first-order chi connectivity index (χ1) is 9.49. The number of nitro benzene ring substituents is 1. The summed E-state index contributed by atoms with van der Waals surface area (Å²) >= 11 is 1.42. The molecule has 0 aliphatic heterocycles. The van der Waals surface area contributed by atoms with Crippen LogP contribution in [0, 0.1) is 10.1 Å². The predicted molar refractivity (Wildman–Crippen MR) is 77.8 cm³/mol. The summed E-state index contributed by atoms with van der Waals surface area (Å²) in [4.78, 5) is 19.3. The van der Waals surface area contributed by atoms with Gasteiger partial charge in [-0.3, -0.25) is 10.1 Å². The maximum absolute atomic E-state index is 10.6. The highest BCUT2D eigenvalue weighted by Gasteiger charge is 2.14. The molecular formula is C13H14N4O2S. The van der Waals surface area contributed by atoms with Crippen LogP contribution in [0.5, 0.6) is 0 Å². The molecule has 1 aromatic carbocycles. The standard InChI is InChI=1S/C13H14N4O2S/c1-8(2)11-12(14)15-7-16-13(11)20-10-5-3-9(4-6-10)17(18)19/h3-8H,1-2H3,(H2,14,15,16). The number of hydrogen-bond acceptors (Lipinski definition) is 6. The molecule has 0 amide bonds. The van der Waals surface area contributed by atoms with E-state index in [0.717, 1.165) is 15.5 Å². The summed E-state index contributed by atoms with van der Waals surface area (Å²) in [6.07, 6.45) is 1.43. The average molecular weight is 290 g/mol. The van der Waals surface area contributed by atoms with E-state index in [-0.39, 0.29) is 11.6 Å². The van der Waals surface area contributed by atoms with Crippen molar-refractivity contribution in [1.82, 2.24) is 9.97 Å². The smallest absolute Gasteiger partial charge is 0.269 e. The summed E-state index contributed by atoms with van der Waals surface area (Å²) in [7, 11) is 0. The fourth-order valence-corrected chi connectivity index (χ4v) is 2.81. The summed E-state index contributed by atoms with van der Waals surface area (Å²) < 4.78 is 0. The van der Waals surface area contributed by atoms with E-state index in [0.29, 0.717) is 5.82 Å². The van der Waals surface area contributed by atoms with Gasteiger partial charge in [-0.05, 0) is 18.1 Å². The summed E-state index contributed by atoms with van der Waals surface area (Å²) in [6.45, 7) is 4.05. The predicted octanol–water partition coefficient (Wildman–Crippen LogP) is 3.24. The number of non-ortho nitro benzene ring substituents is 1. The van der Waals surface area contributed by atoms with Crippen LogP contribution in [0.4, 0.5) is 11.5 Å². The third-order valence-electron chi connectivity index (χ3n) is 2.72. The minimum Gasteiger partial charge on any atom is -0.383 e. The fraction of sp³-hybridized carbons (Fsp3) is 0.231. The van der Waals surface area contributed by atoms with Crippen LogP contribution < -0.4 is 5.73 Å². The van der Waals surface area contributed by atoms with Gasteiger partial charge in [0.15, 0.2) is 0 Å². The molecule has 2 aromatic rings. The highest BCUT2D eigenvalue weighted by atomic mass is 32.2. The third kappa shape index (κ3) is 3.05. The van der Waals surface area contributed by atoms with Crippen molar-refractivity contribution < 1.29 is 4.92 Å². The van der Waals surface area contributed by atoms with Crippen molar-refractivity contribution in [3.8, 4) is 0 Å². The zero-order valence-corrected chi connectivity index (χ0v) is 11.9. The molecular weight excluding hydrogens is 276 g/mol. The molecule has 0 fully saturated rings. The topological polar surface area (TPSA) is 94.9 Å². The molecule has 0 saturated carbocycles. The highest BCUT2D eigenvalue weighted by molar-refractivity contribution is 7.99. The Kier molecular flexibility index (Phi) is 4.19. The minimum atomic E-state index is -0.420. The van der Waals surface area contributed by atoms with Gasteiger partial charge in [0.25, 0.3) is 5.69 Å². The van der Waals surface area contributed by atoms with Gasteiger partial charge in [0, 0.05) is 22.6 Å². The van der Waals surface area contributed by atoms with Gasteiger partial charge < -0.3 is 5.73 Å². The molecule has 1 aromatic heterocycles. The summed E-state index contributed by atoms with van der Waals surface area (Å²) in [6, 6.07) is 6.35. The third-order valence-corrected chi connectivity index (χ3v) is 3.74. The number of nitro groups is 1. The molecule has 104 valence electrons. The Hall–Kier alpha value is -2.15. The molecule has 1 heterocycles. The largest absolute Gasteiger partial charge is 0.383 e. The van der Waals surface area contributed by atoms with Crippen molar-refractivity contribution >= 4 is 23.3 Å². The molecule has 0 atom stereocenters. The molecule has 2 N–H and O–H groups in total. The first-order valence-electron chi connectivity index (χ1n) is 6.01. The van der Waals surface area contributed by atoms with E-state index in [1.165, 1.54) is 30.2 Å². The zero-order valence-electron chi connectivity index (χ0n) is 11.1. The van der Waals surface area contributed by atoms with Crippen molar-refractivity contribution in [2.24, 2.45) is 0 Å². The van der Waals surface area contributed by atoms with Crippen molar-refractivity contribution in [3.63, 3.8) is 0 Å². The summed E-state index contributed by atoms with van der Waals surface area (Å²) in [5.74, 6) is 0.677. The van der Waals surface area contributed by atoms with Crippen LogP contribution in [-0.4, -0.2) is 14.9 Å². The minimum absolute atomic E-state index is 0.0700. The molecule has 0 spiro atoms. The molecule has 0 radical (unpaired) electrons. The monoisotopic (exact) mass is 290 g/mol. The Morgan fingerprint density at radius 1 is 1.25 bits per heavy atom. The van der Waals surface area contributed by atoms with Crippen molar-refractivity contribution in [2.45, 2.75) is 29.7 Å². The van der Waals surface area contributed by atoms with E-state index in [4.69, 9.17) is 5.73 Å². The van der Waals surface area contributed by atoms with Crippen LogP contribution in [0.25, 0.3) is 0 Å². The molecule has 0 saturated heterocycles. The number of nitrogen functional groups attached to an aromatic ring is 1. The van der Waals surface area contributed by atoms with Gasteiger partial charge >= 0.3 is 0 Å². The van der Waals surface area contributed by atoms with Crippen LogP contribution in [-0.2, 0) is 0 Å². The lowest BCUT2D eigenvalue weighted by Crippen LogP contribution is -2.03. The van der Waals surface area contributed by atoms with Gasteiger partial charge in [-0.25, -0.2) is 9.97 Å². The lowest BCUT2D eigenvalue weighted by molar-refractivity contribution is -0.384. The van der Waals surface area contributed by atoms with Gasteiger partial charge in [0.2, 0.25) is 0 Å². The summed E-state index contributed by atoms with van der Waals surface area (Å²) in [5.41, 5.74) is 6.86.